The molecule has 0 bridgehead atoms. The Kier molecular flexibility index (Phi) is 7.46. The first-order valence-corrected chi connectivity index (χ1v) is 11.2. The number of alkyl halides is 2. The van der Waals surface area contributed by atoms with Crippen molar-refractivity contribution in [2.24, 2.45) is 7.05 Å². The van der Waals surface area contributed by atoms with Crippen LogP contribution in [0.3, 0.4) is 0 Å². The zero-order valence-electron chi connectivity index (χ0n) is 19.6. The number of carbonyl (C=O) groups excluding carboxylic acids is 1. The van der Waals surface area contributed by atoms with E-state index in [-0.39, 0.29) is 11.8 Å². The number of halogens is 2. The summed E-state index contributed by atoms with van der Waals surface area (Å²) in [5.74, 6) is 0.0814. The molecule has 4 rings (SSSR count). The molecule has 0 aliphatic heterocycles. The highest BCUT2D eigenvalue weighted by molar-refractivity contribution is 5.94. The number of hydrogen-bond donors (Lipinski definition) is 2. The summed E-state index contributed by atoms with van der Waals surface area (Å²) in [4.78, 5) is 17.5. The first-order chi connectivity index (χ1) is 17.3. The number of amides is 1. The van der Waals surface area contributed by atoms with Gasteiger partial charge in [0, 0.05) is 48.9 Å². The van der Waals surface area contributed by atoms with Gasteiger partial charge in [0.15, 0.2) is 0 Å². The van der Waals surface area contributed by atoms with Gasteiger partial charge in [0.05, 0.1) is 24.0 Å². The van der Waals surface area contributed by atoms with E-state index < -0.39 is 12.6 Å². The number of nitrogens with one attached hydrogen (secondary N) is 2. The highest BCUT2D eigenvalue weighted by Crippen LogP contribution is 2.23. The molecule has 9 nitrogen and oxygen atoms in total. The summed E-state index contributed by atoms with van der Waals surface area (Å²) in [6, 6.07) is 12.0. The second-order valence-corrected chi connectivity index (χ2v) is 8.33. The van der Waals surface area contributed by atoms with Crippen LogP contribution in [0.4, 0.5) is 14.6 Å². The largest absolute Gasteiger partial charge is 0.333 e. The van der Waals surface area contributed by atoms with Crippen molar-refractivity contribution in [3.05, 3.63) is 84.1 Å². The summed E-state index contributed by atoms with van der Waals surface area (Å²) in [5, 5.41) is 22.9. The minimum atomic E-state index is -2.72. The lowest BCUT2D eigenvalue weighted by molar-refractivity contribution is -0.118. The van der Waals surface area contributed by atoms with Crippen molar-refractivity contribution in [1.29, 1.82) is 5.26 Å². The van der Waals surface area contributed by atoms with Crippen LogP contribution in [-0.2, 0) is 11.8 Å². The number of anilines is 1. The Morgan fingerprint density at radius 1 is 1.03 bits per heavy atom. The second kappa shape index (κ2) is 10.9. The van der Waals surface area contributed by atoms with Crippen molar-refractivity contribution < 1.29 is 13.6 Å². The summed E-state index contributed by atoms with van der Waals surface area (Å²) in [6.45, 7) is -0.190. The molecule has 0 spiro atoms. The Bertz CT molecular complexity index is 1360. The van der Waals surface area contributed by atoms with Gasteiger partial charge in [-0.2, -0.15) is 24.2 Å². The molecule has 0 fully saturated rings. The molecule has 184 valence electrons. The summed E-state index contributed by atoms with van der Waals surface area (Å²) in [5.41, 5.74) is 3.41. The number of rotatable bonds is 9. The van der Waals surface area contributed by atoms with Gasteiger partial charge in [0.25, 0.3) is 0 Å². The normalized spacial score (nSPS) is 12.8. The number of benzene rings is 1. The summed E-state index contributed by atoms with van der Waals surface area (Å²) in [6.07, 6.45) is 7.44. The maximum Gasteiger partial charge on any atom is 0.333 e. The Balaban J connectivity index is 1.45. The number of nitrogens with zero attached hydrogens (tertiary/aromatic N) is 6. The molecule has 0 aliphatic rings. The average Bonchev–Trinajstić information content (AvgIpc) is 3.54. The fourth-order valence-electron chi connectivity index (χ4n) is 3.68. The molecule has 0 saturated heterocycles. The highest BCUT2D eigenvalue weighted by atomic mass is 19.3. The van der Waals surface area contributed by atoms with E-state index in [1.807, 2.05) is 19.1 Å². The van der Waals surface area contributed by atoms with Crippen molar-refractivity contribution in [3.63, 3.8) is 0 Å². The van der Waals surface area contributed by atoms with Crippen molar-refractivity contribution in [2.75, 3.05) is 11.9 Å². The van der Waals surface area contributed by atoms with Gasteiger partial charge in [0.2, 0.25) is 5.91 Å². The third kappa shape index (κ3) is 5.79. The number of aryl methyl sites for hydroxylation is 1. The number of hydrogen-bond acceptors (Lipinski definition) is 6. The average molecular weight is 491 g/mol. The van der Waals surface area contributed by atoms with E-state index >= 15 is 0 Å². The van der Waals surface area contributed by atoms with Crippen LogP contribution in [0.15, 0.2) is 67.4 Å². The molecule has 36 heavy (non-hydrogen) atoms. The topological polar surface area (TPSA) is 113 Å². The molecule has 0 radical (unpaired) electrons. The molecule has 2 atom stereocenters. The van der Waals surface area contributed by atoms with Gasteiger partial charge in [-0.15, -0.1) is 0 Å². The number of carbonyl (C=O) groups is 1. The lowest BCUT2D eigenvalue weighted by Crippen LogP contribution is -2.35. The minimum absolute atomic E-state index is 0.0799. The van der Waals surface area contributed by atoms with Gasteiger partial charge in [-0.25, -0.2) is 9.67 Å². The zero-order valence-corrected chi connectivity index (χ0v) is 19.6. The molecule has 1 amide bonds. The fraction of sp³-hybridized carbons (Fsp3) is 0.240. The molecule has 1 aromatic carbocycles. The van der Waals surface area contributed by atoms with Crippen LogP contribution in [0.1, 0.15) is 42.1 Å². The molecule has 3 aromatic heterocycles. The molecule has 3 heterocycles. The van der Waals surface area contributed by atoms with E-state index in [4.69, 9.17) is 5.26 Å². The van der Waals surface area contributed by atoms with E-state index in [1.54, 1.807) is 48.4 Å². The summed E-state index contributed by atoms with van der Waals surface area (Å²) >= 11 is 0. The minimum Gasteiger partial charge on any atom is -0.309 e. The van der Waals surface area contributed by atoms with E-state index in [0.717, 1.165) is 5.56 Å². The molecule has 11 heteroatoms. The molecule has 4 aromatic rings. The zero-order chi connectivity index (χ0) is 25.7. The Morgan fingerprint density at radius 2 is 1.81 bits per heavy atom. The Morgan fingerprint density at radius 3 is 2.39 bits per heavy atom. The van der Waals surface area contributed by atoms with E-state index in [9.17, 15) is 13.6 Å². The van der Waals surface area contributed by atoms with Crippen LogP contribution in [0, 0.1) is 11.3 Å². The maximum atomic E-state index is 13.2. The molecular formula is C25H24F2N8O. The van der Waals surface area contributed by atoms with E-state index in [1.165, 1.54) is 18.6 Å². The van der Waals surface area contributed by atoms with Gasteiger partial charge in [-0.05, 0) is 35.7 Å². The maximum absolute atomic E-state index is 13.2. The van der Waals surface area contributed by atoms with Crippen LogP contribution in [-0.4, -0.2) is 37.0 Å². The predicted octanol–water partition coefficient (Wildman–Crippen LogP) is 4.02. The number of pyridine rings is 1. The standard InChI is InChI=1S/C25H24F2N8O/c1-16(18-5-3-17(9-28)4-6-18)10-30-23(21-13-31-34(2)14-21)24(36)33-22-8-7-19(11-29-22)20-12-32-35(15-20)25(26)27/h3-8,11-16,23,25,30H,10H2,1-2H3,(H,29,33,36)/t16-,23-/m1/s1. The second-order valence-electron chi connectivity index (χ2n) is 8.33. The van der Waals surface area contributed by atoms with Crippen molar-refractivity contribution in [2.45, 2.75) is 25.4 Å². The van der Waals surface area contributed by atoms with Crippen LogP contribution in [0.5, 0.6) is 0 Å². The Hall–Kier alpha value is -4.43. The van der Waals surface area contributed by atoms with Gasteiger partial charge in [-0.3, -0.25) is 9.48 Å². The monoisotopic (exact) mass is 490 g/mol. The quantitative estimate of drug-likeness (QED) is 0.366. The van der Waals surface area contributed by atoms with Gasteiger partial charge in [0.1, 0.15) is 11.9 Å². The summed E-state index contributed by atoms with van der Waals surface area (Å²) in [7, 11) is 1.77. The van der Waals surface area contributed by atoms with E-state index in [0.29, 0.717) is 39.3 Å². The summed E-state index contributed by atoms with van der Waals surface area (Å²) < 4.78 is 27.7. The first-order valence-electron chi connectivity index (χ1n) is 11.2. The first kappa shape index (κ1) is 24.7. The van der Waals surface area contributed by atoms with Crippen molar-refractivity contribution in [3.8, 4) is 17.2 Å². The van der Waals surface area contributed by atoms with Gasteiger partial charge < -0.3 is 10.6 Å². The molecular weight excluding hydrogens is 466 g/mol. The van der Waals surface area contributed by atoms with Crippen LogP contribution in [0.25, 0.3) is 11.1 Å². The number of aromatic nitrogens is 5. The van der Waals surface area contributed by atoms with Crippen molar-refractivity contribution in [1.82, 2.24) is 29.9 Å². The lowest BCUT2D eigenvalue weighted by atomic mass is 9.99. The fourth-order valence-corrected chi connectivity index (χ4v) is 3.68. The SMILES string of the molecule is C[C@H](CN[C@@H](C(=O)Nc1ccc(-c2cnn(C(F)F)c2)cn1)c1cnn(C)c1)c1ccc(C#N)cc1. The molecule has 2 N–H and O–H groups in total. The van der Waals surface area contributed by atoms with E-state index in [2.05, 4.69) is 31.9 Å². The van der Waals surface area contributed by atoms with Crippen molar-refractivity contribution >= 4 is 11.7 Å². The van der Waals surface area contributed by atoms with Gasteiger partial charge >= 0.3 is 6.55 Å². The van der Waals surface area contributed by atoms with Crippen LogP contribution >= 0.6 is 0 Å². The van der Waals surface area contributed by atoms with Crippen LogP contribution in [0.2, 0.25) is 0 Å². The Labute approximate surface area is 206 Å². The van der Waals surface area contributed by atoms with Gasteiger partial charge in [-0.1, -0.05) is 19.1 Å². The third-order valence-electron chi connectivity index (χ3n) is 5.71. The molecule has 0 saturated carbocycles. The predicted molar refractivity (Wildman–Crippen MR) is 129 cm³/mol. The third-order valence-corrected chi connectivity index (χ3v) is 5.71. The molecule has 0 aliphatic carbocycles. The van der Waals surface area contributed by atoms with Crippen LogP contribution < -0.4 is 10.6 Å². The highest BCUT2D eigenvalue weighted by Gasteiger charge is 2.23. The molecule has 0 unspecified atom stereocenters. The smallest absolute Gasteiger partial charge is 0.309 e. The lowest BCUT2D eigenvalue weighted by Gasteiger charge is -2.20. The number of nitriles is 1.